The molecule has 31 heavy (non-hydrogen) atoms. The van der Waals surface area contributed by atoms with Gasteiger partial charge in [-0.1, -0.05) is 13.8 Å². The van der Waals surface area contributed by atoms with Gasteiger partial charge in [0.15, 0.2) is 0 Å². The van der Waals surface area contributed by atoms with Gasteiger partial charge >= 0.3 is 11.6 Å². The van der Waals surface area contributed by atoms with E-state index < -0.39 is 36.0 Å². The summed E-state index contributed by atoms with van der Waals surface area (Å²) in [6, 6.07) is 2.12. The van der Waals surface area contributed by atoms with E-state index in [1.165, 1.54) is 14.2 Å². The number of methoxy groups -OCH3 is 2. The number of carbonyl (C=O) groups excluding carboxylic acids is 2. The van der Waals surface area contributed by atoms with Crippen LogP contribution in [0.4, 0.5) is 0 Å². The predicted molar refractivity (Wildman–Crippen MR) is 111 cm³/mol. The Hall–Kier alpha value is -3.56. The zero-order valence-electron chi connectivity index (χ0n) is 18.0. The van der Waals surface area contributed by atoms with Crippen LogP contribution in [0.2, 0.25) is 0 Å². The molecule has 0 aliphatic carbocycles. The molecule has 0 saturated carbocycles. The molecule has 2 rings (SSSR count). The van der Waals surface area contributed by atoms with Gasteiger partial charge in [0.2, 0.25) is 11.8 Å². The first-order valence-corrected chi connectivity index (χ1v) is 9.56. The summed E-state index contributed by atoms with van der Waals surface area (Å²) >= 11 is 0. The number of benzene rings is 1. The molecule has 1 aromatic carbocycles. The molecule has 10 heteroatoms. The molecule has 1 heterocycles. The summed E-state index contributed by atoms with van der Waals surface area (Å²) in [6.07, 6.45) is -0.320. The van der Waals surface area contributed by atoms with Gasteiger partial charge in [-0.3, -0.25) is 9.59 Å². The highest BCUT2D eigenvalue weighted by atomic mass is 16.5. The van der Waals surface area contributed by atoms with Gasteiger partial charge < -0.3 is 29.6 Å². The Kier molecular flexibility index (Phi) is 7.62. The number of fused-ring (bicyclic) bond motifs is 1. The lowest BCUT2D eigenvalue weighted by atomic mass is 10.0. The van der Waals surface area contributed by atoms with Crippen LogP contribution in [0.3, 0.4) is 0 Å². The van der Waals surface area contributed by atoms with Crippen LogP contribution in [0.15, 0.2) is 21.3 Å². The Bertz CT molecular complexity index is 1060. The summed E-state index contributed by atoms with van der Waals surface area (Å²) in [4.78, 5) is 47.9. The third-order valence-corrected chi connectivity index (χ3v) is 4.80. The van der Waals surface area contributed by atoms with E-state index in [0.717, 1.165) is 0 Å². The number of amides is 2. The largest absolute Gasteiger partial charge is 0.496 e. The van der Waals surface area contributed by atoms with E-state index in [9.17, 15) is 19.2 Å². The van der Waals surface area contributed by atoms with Crippen molar-refractivity contribution in [3.05, 3.63) is 33.7 Å². The molecular formula is C21H26N2O8. The topological polar surface area (TPSA) is 144 Å². The lowest BCUT2D eigenvalue weighted by Gasteiger charge is -2.18. The molecule has 0 spiro atoms. The summed E-state index contributed by atoms with van der Waals surface area (Å²) in [5.74, 6) is -1.85. The highest BCUT2D eigenvalue weighted by Crippen LogP contribution is 2.33. The van der Waals surface area contributed by atoms with Crippen LogP contribution in [0, 0.1) is 12.8 Å². The lowest BCUT2D eigenvalue weighted by molar-refractivity contribution is -0.143. The van der Waals surface area contributed by atoms with Gasteiger partial charge in [-0.2, -0.15) is 0 Å². The van der Waals surface area contributed by atoms with Gasteiger partial charge in [0.25, 0.3) is 0 Å². The number of aliphatic carboxylic acids is 1. The predicted octanol–water partition coefficient (Wildman–Crippen LogP) is 1.00. The molecule has 0 radical (unpaired) electrons. The van der Waals surface area contributed by atoms with Gasteiger partial charge in [0.05, 0.1) is 38.1 Å². The summed E-state index contributed by atoms with van der Waals surface area (Å²) in [6.45, 7) is 4.56. The van der Waals surface area contributed by atoms with Crippen molar-refractivity contribution >= 4 is 28.8 Å². The highest BCUT2D eigenvalue weighted by molar-refractivity contribution is 5.91. The Morgan fingerprint density at radius 1 is 1.13 bits per heavy atom. The Labute approximate surface area is 178 Å². The van der Waals surface area contributed by atoms with Crippen molar-refractivity contribution in [3.63, 3.8) is 0 Å². The fourth-order valence-electron chi connectivity index (χ4n) is 3.10. The molecule has 3 N–H and O–H groups in total. The molecule has 1 unspecified atom stereocenters. The van der Waals surface area contributed by atoms with Crippen LogP contribution in [0.1, 0.15) is 25.0 Å². The molecule has 0 fully saturated rings. The second kappa shape index (κ2) is 9.96. The zero-order chi connectivity index (χ0) is 23.3. The average Bonchev–Trinajstić information content (AvgIpc) is 2.71. The van der Waals surface area contributed by atoms with E-state index in [2.05, 4.69) is 10.6 Å². The van der Waals surface area contributed by atoms with Gasteiger partial charge in [-0.05, 0) is 18.4 Å². The number of nitrogens with one attached hydrogen (secondary N) is 2. The Balaban J connectivity index is 2.18. The Morgan fingerprint density at radius 3 is 2.35 bits per heavy atom. The van der Waals surface area contributed by atoms with Crippen LogP contribution < -0.4 is 25.7 Å². The van der Waals surface area contributed by atoms with Gasteiger partial charge in [0.1, 0.15) is 23.1 Å². The van der Waals surface area contributed by atoms with Crippen LogP contribution in [0.25, 0.3) is 11.0 Å². The summed E-state index contributed by atoms with van der Waals surface area (Å²) in [5, 5.41) is 14.4. The van der Waals surface area contributed by atoms with Crippen molar-refractivity contribution < 1.29 is 33.4 Å². The molecule has 0 aliphatic heterocycles. The van der Waals surface area contributed by atoms with Crippen molar-refractivity contribution in [1.29, 1.82) is 0 Å². The molecule has 0 bridgehead atoms. The monoisotopic (exact) mass is 434 g/mol. The maximum absolute atomic E-state index is 12.4. The van der Waals surface area contributed by atoms with E-state index in [0.29, 0.717) is 22.4 Å². The number of carboxylic acid groups (broad SMARTS) is 1. The normalized spacial score (nSPS) is 11.8. The van der Waals surface area contributed by atoms with Crippen molar-refractivity contribution in [1.82, 2.24) is 10.6 Å². The number of aryl methyl sites for hydroxylation is 1. The van der Waals surface area contributed by atoms with Crippen LogP contribution in [-0.2, 0) is 20.8 Å². The summed E-state index contributed by atoms with van der Waals surface area (Å²) in [5.41, 5.74) is 0.205. The Morgan fingerprint density at radius 2 is 1.81 bits per heavy atom. The summed E-state index contributed by atoms with van der Waals surface area (Å²) in [7, 11) is 2.94. The molecule has 2 aromatic rings. The van der Waals surface area contributed by atoms with Crippen molar-refractivity contribution in [2.45, 2.75) is 33.2 Å². The van der Waals surface area contributed by atoms with E-state index in [-0.39, 0.29) is 23.5 Å². The van der Waals surface area contributed by atoms with Gasteiger partial charge in [-0.15, -0.1) is 0 Å². The fraction of sp³-hybridized carbons (Fsp3) is 0.429. The number of rotatable bonds is 9. The quantitative estimate of drug-likeness (QED) is 0.496. The minimum absolute atomic E-state index is 0.125. The fourth-order valence-corrected chi connectivity index (χ4v) is 3.10. The first kappa shape index (κ1) is 23.7. The maximum atomic E-state index is 12.4. The zero-order valence-corrected chi connectivity index (χ0v) is 18.0. The summed E-state index contributed by atoms with van der Waals surface area (Å²) < 4.78 is 15.9. The number of carboxylic acids is 1. The number of ether oxygens (including phenoxy) is 2. The van der Waals surface area contributed by atoms with Crippen LogP contribution >= 0.6 is 0 Å². The average molecular weight is 434 g/mol. The van der Waals surface area contributed by atoms with Crippen molar-refractivity contribution in [2.24, 2.45) is 5.92 Å². The first-order chi connectivity index (χ1) is 14.6. The van der Waals surface area contributed by atoms with Crippen LogP contribution in [0.5, 0.6) is 11.5 Å². The van der Waals surface area contributed by atoms with Crippen LogP contribution in [-0.4, -0.2) is 49.7 Å². The number of hydrogen-bond donors (Lipinski definition) is 3. The molecule has 0 aliphatic rings. The molecule has 10 nitrogen and oxygen atoms in total. The second-order valence-electron chi connectivity index (χ2n) is 7.28. The molecule has 1 aromatic heterocycles. The van der Waals surface area contributed by atoms with Crippen molar-refractivity contribution in [3.8, 4) is 11.5 Å². The minimum atomic E-state index is -1.16. The first-order valence-electron chi connectivity index (χ1n) is 9.56. The van der Waals surface area contributed by atoms with E-state index in [1.807, 2.05) is 0 Å². The molecule has 2 amide bonds. The molecule has 0 saturated heterocycles. The number of carbonyl (C=O) groups is 3. The third-order valence-electron chi connectivity index (χ3n) is 4.80. The maximum Gasteiger partial charge on any atom is 0.340 e. The number of hydrogen-bond acceptors (Lipinski definition) is 7. The van der Waals surface area contributed by atoms with Crippen molar-refractivity contribution in [2.75, 3.05) is 20.8 Å². The third kappa shape index (κ3) is 5.53. The van der Waals surface area contributed by atoms with Gasteiger partial charge in [0, 0.05) is 12.1 Å². The smallest absolute Gasteiger partial charge is 0.340 e. The molecule has 1 atom stereocenters. The molecule has 168 valence electrons. The highest BCUT2D eigenvalue weighted by Gasteiger charge is 2.24. The van der Waals surface area contributed by atoms with E-state index in [1.54, 1.807) is 32.9 Å². The minimum Gasteiger partial charge on any atom is -0.496 e. The SMILES string of the molecule is COc1cc(OC)c2c(C)c(CC(=O)NCC(=O)NC(C(=O)O)C(C)C)c(=O)oc2c1. The lowest BCUT2D eigenvalue weighted by Crippen LogP contribution is -2.48. The van der Waals surface area contributed by atoms with Gasteiger partial charge in [-0.25, -0.2) is 9.59 Å². The standard InChI is InChI=1S/C21H26N2O8/c1-10(2)19(20(26)27)23-17(25)9-22-16(24)8-13-11(3)18-14(30-5)6-12(29-4)7-15(18)31-21(13)28/h6-7,10,19H,8-9H2,1-5H3,(H,22,24)(H,23,25)(H,26,27). The van der Waals surface area contributed by atoms with E-state index >= 15 is 0 Å². The second-order valence-corrected chi connectivity index (χ2v) is 7.28. The molecular weight excluding hydrogens is 408 g/mol. The van der Waals surface area contributed by atoms with E-state index in [4.69, 9.17) is 19.0 Å².